The number of aromatic nitrogens is 1. The predicted molar refractivity (Wildman–Crippen MR) is 188 cm³/mol. The normalized spacial score (nSPS) is 11.2. The molecule has 0 saturated carbocycles. The smallest absolute Gasteiger partial charge is 0.179 e. The van der Waals surface area contributed by atoms with E-state index in [2.05, 4.69) is 186 Å². The second kappa shape index (κ2) is 12.4. The largest absolute Gasteiger partial charge is 0.311 e. The molecular formula is C41H32N2Si. The summed E-state index contributed by atoms with van der Waals surface area (Å²) in [6.07, 6.45) is 3.75. The molecule has 0 aliphatic rings. The van der Waals surface area contributed by atoms with Crippen molar-refractivity contribution in [1.82, 2.24) is 4.98 Å². The van der Waals surface area contributed by atoms with Crippen LogP contribution in [0.1, 0.15) is 0 Å². The highest BCUT2D eigenvalue weighted by atomic mass is 28.3. The molecule has 44 heavy (non-hydrogen) atoms. The highest BCUT2D eigenvalue weighted by Crippen LogP contribution is 2.33. The number of anilines is 3. The molecule has 3 heteroatoms. The number of hydrogen-bond donors (Lipinski definition) is 0. The first-order valence-electron chi connectivity index (χ1n) is 15.0. The maximum Gasteiger partial charge on any atom is 0.179 e. The van der Waals surface area contributed by atoms with Crippen LogP contribution >= 0.6 is 0 Å². The number of rotatable bonds is 8. The molecule has 0 bridgehead atoms. The van der Waals surface area contributed by atoms with Crippen LogP contribution in [-0.2, 0) is 0 Å². The van der Waals surface area contributed by atoms with Gasteiger partial charge in [-0.05, 0) is 74.3 Å². The van der Waals surface area contributed by atoms with Gasteiger partial charge in [-0.1, -0.05) is 140 Å². The molecule has 0 fully saturated rings. The molecule has 0 unspecified atom stereocenters. The van der Waals surface area contributed by atoms with Crippen molar-refractivity contribution in [2.45, 2.75) is 0 Å². The molecule has 0 atom stereocenters. The van der Waals surface area contributed by atoms with Gasteiger partial charge in [-0.15, -0.1) is 0 Å². The van der Waals surface area contributed by atoms with Gasteiger partial charge in [0.1, 0.15) is 0 Å². The lowest BCUT2D eigenvalue weighted by atomic mass is 10.1. The first-order chi connectivity index (χ1) is 21.8. The zero-order chi connectivity index (χ0) is 29.6. The van der Waals surface area contributed by atoms with Crippen molar-refractivity contribution >= 4 is 45.9 Å². The van der Waals surface area contributed by atoms with E-state index in [0.717, 1.165) is 22.6 Å². The van der Waals surface area contributed by atoms with Gasteiger partial charge in [0.15, 0.2) is 8.07 Å². The summed E-state index contributed by atoms with van der Waals surface area (Å²) in [5.41, 5.74) is 5.68. The van der Waals surface area contributed by atoms with Gasteiger partial charge in [0.05, 0.1) is 0 Å². The van der Waals surface area contributed by atoms with Crippen LogP contribution in [0.25, 0.3) is 11.1 Å². The van der Waals surface area contributed by atoms with Crippen molar-refractivity contribution in [3.8, 4) is 11.1 Å². The molecule has 0 amide bonds. The fraction of sp³-hybridized carbons (Fsp3) is 0. The summed E-state index contributed by atoms with van der Waals surface area (Å²) in [4.78, 5) is 6.67. The molecule has 0 aliphatic heterocycles. The van der Waals surface area contributed by atoms with Crippen LogP contribution in [0.3, 0.4) is 0 Å². The number of para-hydroxylation sites is 2. The standard InChI is InChI=1S/C41H32N2Si/c1-5-15-35(16-6-1)43(36-17-7-2-8-18-36)37-25-29-41(30-26-37)44(38-19-9-3-10-20-38,39-21-11-4-12-22-39)40-27-23-33(24-28-40)34-14-13-31-42-32-34/h1-32H. The van der Waals surface area contributed by atoms with Crippen LogP contribution in [0, 0.1) is 0 Å². The summed E-state index contributed by atoms with van der Waals surface area (Å²) in [7, 11) is -2.67. The lowest BCUT2D eigenvalue weighted by Gasteiger charge is -2.35. The zero-order valence-corrected chi connectivity index (χ0v) is 25.4. The van der Waals surface area contributed by atoms with Crippen molar-refractivity contribution < 1.29 is 0 Å². The van der Waals surface area contributed by atoms with Crippen LogP contribution in [0.2, 0.25) is 0 Å². The molecule has 7 rings (SSSR count). The molecule has 7 aromatic rings. The molecule has 1 heterocycles. The second-order valence-corrected chi connectivity index (χ2v) is 14.7. The van der Waals surface area contributed by atoms with E-state index >= 15 is 0 Å². The van der Waals surface area contributed by atoms with Crippen LogP contribution in [0.5, 0.6) is 0 Å². The topological polar surface area (TPSA) is 16.1 Å². The van der Waals surface area contributed by atoms with Gasteiger partial charge in [0, 0.05) is 29.5 Å². The first kappa shape index (κ1) is 27.3. The lowest BCUT2D eigenvalue weighted by Crippen LogP contribution is -2.74. The third-order valence-electron chi connectivity index (χ3n) is 8.31. The molecule has 0 spiro atoms. The average Bonchev–Trinajstić information content (AvgIpc) is 3.12. The third kappa shape index (κ3) is 5.15. The molecule has 0 saturated heterocycles. The molecule has 0 N–H and O–H groups in total. The maximum absolute atomic E-state index is 4.35. The maximum atomic E-state index is 4.35. The van der Waals surface area contributed by atoms with E-state index in [-0.39, 0.29) is 0 Å². The molecular weight excluding hydrogens is 549 g/mol. The van der Waals surface area contributed by atoms with Gasteiger partial charge >= 0.3 is 0 Å². The Labute approximate surface area is 260 Å². The van der Waals surface area contributed by atoms with Crippen molar-refractivity contribution in [1.29, 1.82) is 0 Å². The van der Waals surface area contributed by atoms with E-state index < -0.39 is 8.07 Å². The monoisotopic (exact) mass is 580 g/mol. The van der Waals surface area contributed by atoms with Crippen molar-refractivity contribution in [3.63, 3.8) is 0 Å². The summed E-state index contributed by atoms with van der Waals surface area (Å²) in [6, 6.07) is 65.9. The number of hydrogen-bond acceptors (Lipinski definition) is 2. The van der Waals surface area contributed by atoms with Gasteiger partial charge < -0.3 is 4.90 Å². The molecule has 6 aromatic carbocycles. The van der Waals surface area contributed by atoms with E-state index in [1.54, 1.807) is 0 Å². The van der Waals surface area contributed by atoms with Crippen LogP contribution < -0.4 is 25.6 Å². The Kier molecular flexibility index (Phi) is 7.69. The number of pyridine rings is 1. The Hall–Kier alpha value is -5.51. The minimum atomic E-state index is -2.67. The Morgan fingerprint density at radius 2 is 0.750 bits per heavy atom. The van der Waals surface area contributed by atoms with Crippen molar-refractivity contribution in [2.24, 2.45) is 0 Å². The average molecular weight is 581 g/mol. The number of benzene rings is 6. The first-order valence-corrected chi connectivity index (χ1v) is 17.0. The zero-order valence-electron chi connectivity index (χ0n) is 24.4. The molecule has 2 nitrogen and oxygen atoms in total. The van der Waals surface area contributed by atoms with Gasteiger partial charge in [-0.25, -0.2) is 0 Å². The molecule has 0 radical (unpaired) electrons. The third-order valence-corrected chi connectivity index (χ3v) is 13.1. The minimum Gasteiger partial charge on any atom is -0.311 e. The lowest BCUT2D eigenvalue weighted by molar-refractivity contribution is 1.28. The SMILES string of the molecule is c1ccc(N(c2ccccc2)c2ccc([Si](c3ccccc3)(c3ccccc3)c3ccc(-c4cccnc4)cc3)cc2)cc1. The molecule has 1 aromatic heterocycles. The van der Waals surface area contributed by atoms with E-state index in [9.17, 15) is 0 Å². The van der Waals surface area contributed by atoms with Crippen LogP contribution in [0.15, 0.2) is 194 Å². The van der Waals surface area contributed by atoms with Gasteiger partial charge in [-0.2, -0.15) is 0 Å². The Morgan fingerprint density at radius 3 is 1.20 bits per heavy atom. The van der Waals surface area contributed by atoms with Crippen LogP contribution in [-0.4, -0.2) is 13.1 Å². The summed E-state index contributed by atoms with van der Waals surface area (Å²) in [5.74, 6) is 0. The number of nitrogens with zero attached hydrogens (tertiary/aromatic N) is 2. The molecule has 210 valence electrons. The van der Waals surface area contributed by atoms with E-state index in [0.29, 0.717) is 0 Å². The fourth-order valence-corrected chi connectivity index (χ4v) is 11.0. The van der Waals surface area contributed by atoms with Crippen LogP contribution in [0.4, 0.5) is 17.1 Å². The summed E-state index contributed by atoms with van der Waals surface area (Å²) in [5, 5.41) is 5.40. The minimum absolute atomic E-state index is 1.12. The molecule has 0 aliphatic carbocycles. The summed E-state index contributed by atoms with van der Waals surface area (Å²) >= 11 is 0. The fourth-order valence-electron chi connectivity index (χ4n) is 6.28. The van der Waals surface area contributed by atoms with Gasteiger partial charge in [-0.3, -0.25) is 4.98 Å². The quantitative estimate of drug-likeness (QED) is 0.136. The highest BCUT2D eigenvalue weighted by Gasteiger charge is 2.41. The summed E-state index contributed by atoms with van der Waals surface area (Å²) < 4.78 is 0. The second-order valence-electron chi connectivity index (χ2n) is 10.9. The van der Waals surface area contributed by atoms with E-state index in [1.807, 2.05) is 18.5 Å². The highest BCUT2D eigenvalue weighted by molar-refractivity contribution is 7.19. The van der Waals surface area contributed by atoms with Gasteiger partial charge in [0.2, 0.25) is 0 Å². The predicted octanol–water partition coefficient (Wildman–Crippen LogP) is 7.60. The van der Waals surface area contributed by atoms with E-state index in [4.69, 9.17) is 0 Å². The van der Waals surface area contributed by atoms with Gasteiger partial charge in [0.25, 0.3) is 0 Å². The summed E-state index contributed by atoms with van der Waals surface area (Å²) in [6.45, 7) is 0. The van der Waals surface area contributed by atoms with Crippen molar-refractivity contribution in [2.75, 3.05) is 4.90 Å². The van der Waals surface area contributed by atoms with Crippen molar-refractivity contribution in [3.05, 3.63) is 194 Å². The Bertz CT molecular complexity index is 1830. The Morgan fingerprint density at radius 1 is 0.341 bits per heavy atom. The van der Waals surface area contributed by atoms with E-state index in [1.165, 1.54) is 26.3 Å². The Balaban J connectivity index is 1.42.